The zero-order valence-electron chi connectivity index (χ0n) is 17.3. The summed E-state index contributed by atoms with van der Waals surface area (Å²) < 4.78 is 0. The summed E-state index contributed by atoms with van der Waals surface area (Å²) in [5.74, 6) is 0.150. The van der Waals surface area contributed by atoms with E-state index in [0.717, 1.165) is 5.56 Å². The molecule has 1 saturated heterocycles. The number of piperazine rings is 1. The minimum absolute atomic E-state index is 0.0504. The summed E-state index contributed by atoms with van der Waals surface area (Å²) in [5, 5.41) is 2.98. The van der Waals surface area contributed by atoms with Crippen molar-refractivity contribution in [2.24, 2.45) is 0 Å². The molecule has 1 aromatic rings. The summed E-state index contributed by atoms with van der Waals surface area (Å²) in [6.45, 7) is 16.7. The number of carbonyl (C=O) groups is 2. The summed E-state index contributed by atoms with van der Waals surface area (Å²) in [4.78, 5) is 28.7. The number of urea groups is 1. The second kappa shape index (κ2) is 7.68. The van der Waals surface area contributed by atoms with Crippen molar-refractivity contribution in [3.63, 3.8) is 0 Å². The van der Waals surface area contributed by atoms with Gasteiger partial charge in [-0.2, -0.15) is 0 Å². The van der Waals surface area contributed by atoms with Gasteiger partial charge in [-0.25, -0.2) is 4.79 Å². The van der Waals surface area contributed by atoms with E-state index < -0.39 is 0 Å². The molecule has 3 amide bonds. The van der Waals surface area contributed by atoms with E-state index in [-0.39, 0.29) is 17.5 Å². The van der Waals surface area contributed by atoms with E-state index >= 15 is 0 Å². The quantitative estimate of drug-likeness (QED) is 0.882. The Bertz CT molecular complexity index is 670. The van der Waals surface area contributed by atoms with E-state index in [1.165, 1.54) is 22.3 Å². The van der Waals surface area contributed by atoms with E-state index in [2.05, 4.69) is 39.1 Å². The highest BCUT2D eigenvalue weighted by atomic mass is 16.2. The third-order valence-electron chi connectivity index (χ3n) is 5.25. The standard InChI is InChI=1S/C21H33N3O2/c1-14-12-15(2)17(4)18(16(14)3)13-19(25)23-8-10-24(11-9-23)20(26)22-21(5,6)7/h12H,8-11,13H2,1-7H3,(H,22,26). The largest absolute Gasteiger partial charge is 0.339 e. The van der Waals surface area contributed by atoms with Crippen LogP contribution in [0.15, 0.2) is 6.07 Å². The normalized spacial score (nSPS) is 15.2. The fourth-order valence-corrected chi connectivity index (χ4v) is 3.39. The Kier molecular flexibility index (Phi) is 5.99. The first-order valence-corrected chi connectivity index (χ1v) is 9.40. The molecule has 0 spiro atoms. The van der Waals surface area contributed by atoms with Crippen molar-refractivity contribution in [3.05, 3.63) is 33.9 Å². The maximum absolute atomic E-state index is 12.8. The maximum Gasteiger partial charge on any atom is 0.317 e. The van der Waals surface area contributed by atoms with Crippen molar-refractivity contribution < 1.29 is 9.59 Å². The van der Waals surface area contributed by atoms with Crippen LogP contribution in [0, 0.1) is 27.7 Å². The number of nitrogens with zero attached hydrogens (tertiary/aromatic N) is 2. The number of hydrogen-bond acceptors (Lipinski definition) is 2. The van der Waals surface area contributed by atoms with Crippen LogP contribution in [0.1, 0.15) is 48.6 Å². The number of aryl methyl sites for hydroxylation is 2. The number of benzene rings is 1. The van der Waals surface area contributed by atoms with E-state index in [1.54, 1.807) is 4.90 Å². The molecule has 1 heterocycles. The lowest BCUT2D eigenvalue weighted by molar-refractivity contribution is -0.131. The summed E-state index contributed by atoms with van der Waals surface area (Å²) in [5.41, 5.74) is 5.80. The van der Waals surface area contributed by atoms with Gasteiger partial charge in [-0.05, 0) is 76.3 Å². The first kappa shape index (κ1) is 20.3. The topological polar surface area (TPSA) is 52.7 Å². The van der Waals surface area contributed by atoms with Crippen LogP contribution in [-0.4, -0.2) is 53.5 Å². The van der Waals surface area contributed by atoms with Crippen molar-refractivity contribution in [1.29, 1.82) is 0 Å². The summed E-state index contributed by atoms with van der Waals surface area (Å²) >= 11 is 0. The highest BCUT2D eigenvalue weighted by molar-refractivity contribution is 5.80. The molecule has 0 bridgehead atoms. The Morgan fingerprint density at radius 1 is 0.923 bits per heavy atom. The zero-order chi connectivity index (χ0) is 19.6. The molecule has 5 heteroatoms. The third-order valence-corrected chi connectivity index (χ3v) is 5.25. The molecule has 1 aliphatic rings. The van der Waals surface area contributed by atoms with Gasteiger partial charge in [0.05, 0.1) is 6.42 Å². The Morgan fingerprint density at radius 2 is 1.38 bits per heavy atom. The Morgan fingerprint density at radius 3 is 1.85 bits per heavy atom. The molecule has 2 rings (SSSR count). The Labute approximate surface area is 157 Å². The second-order valence-electron chi connectivity index (χ2n) is 8.46. The molecular formula is C21H33N3O2. The lowest BCUT2D eigenvalue weighted by Gasteiger charge is -2.36. The van der Waals surface area contributed by atoms with Crippen molar-refractivity contribution >= 4 is 11.9 Å². The predicted octanol–water partition coefficient (Wildman–Crippen LogP) is 3.12. The molecule has 0 atom stereocenters. The van der Waals surface area contributed by atoms with Gasteiger partial charge >= 0.3 is 6.03 Å². The monoisotopic (exact) mass is 359 g/mol. The molecule has 1 aromatic carbocycles. The number of carbonyl (C=O) groups excluding carboxylic acids is 2. The smallest absolute Gasteiger partial charge is 0.317 e. The number of nitrogens with one attached hydrogen (secondary N) is 1. The average Bonchev–Trinajstić information content (AvgIpc) is 2.55. The molecule has 0 saturated carbocycles. The molecule has 1 aliphatic heterocycles. The fraction of sp³-hybridized carbons (Fsp3) is 0.619. The second-order valence-corrected chi connectivity index (χ2v) is 8.46. The van der Waals surface area contributed by atoms with Crippen molar-refractivity contribution in [3.8, 4) is 0 Å². The summed E-state index contributed by atoms with van der Waals surface area (Å²) in [6.07, 6.45) is 0.439. The maximum atomic E-state index is 12.8. The molecule has 5 nitrogen and oxygen atoms in total. The minimum atomic E-state index is -0.248. The van der Waals surface area contributed by atoms with Gasteiger partial charge in [-0.1, -0.05) is 6.07 Å². The van der Waals surface area contributed by atoms with Crippen LogP contribution >= 0.6 is 0 Å². The summed E-state index contributed by atoms with van der Waals surface area (Å²) in [6, 6.07) is 2.14. The van der Waals surface area contributed by atoms with Gasteiger partial charge in [0, 0.05) is 31.7 Å². The number of amides is 3. The van der Waals surface area contributed by atoms with Gasteiger partial charge in [0.25, 0.3) is 0 Å². The molecule has 0 unspecified atom stereocenters. The molecule has 0 aromatic heterocycles. The van der Waals surface area contributed by atoms with Gasteiger partial charge in [0.1, 0.15) is 0 Å². The lowest BCUT2D eigenvalue weighted by Crippen LogP contribution is -2.56. The highest BCUT2D eigenvalue weighted by Crippen LogP contribution is 2.23. The van der Waals surface area contributed by atoms with Gasteiger partial charge in [0.2, 0.25) is 5.91 Å². The van der Waals surface area contributed by atoms with Gasteiger partial charge in [-0.3, -0.25) is 4.79 Å². The molecule has 0 radical (unpaired) electrons. The lowest BCUT2D eigenvalue weighted by atomic mass is 9.92. The van der Waals surface area contributed by atoms with Gasteiger partial charge < -0.3 is 15.1 Å². The molecular weight excluding hydrogens is 326 g/mol. The van der Waals surface area contributed by atoms with Crippen LogP contribution in [0.5, 0.6) is 0 Å². The van der Waals surface area contributed by atoms with Crippen molar-refractivity contribution in [1.82, 2.24) is 15.1 Å². The Hall–Kier alpha value is -2.04. The number of hydrogen-bond donors (Lipinski definition) is 1. The van der Waals surface area contributed by atoms with E-state index in [0.29, 0.717) is 32.6 Å². The first-order valence-electron chi connectivity index (χ1n) is 9.40. The average molecular weight is 360 g/mol. The van der Waals surface area contributed by atoms with E-state index in [9.17, 15) is 9.59 Å². The third kappa shape index (κ3) is 4.77. The van der Waals surface area contributed by atoms with Crippen LogP contribution < -0.4 is 5.32 Å². The molecule has 1 fully saturated rings. The van der Waals surface area contributed by atoms with Crippen LogP contribution in [-0.2, 0) is 11.2 Å². The summed E-state index contributed by atoms with van der Waals surface area (Å²) in [7, 11) is 0. The molecule has 144 valence electrons. The predicted molar refractivity (Wildman–Crippen MR) is 106 cm³/mol. The Balaban J connectivity index is 1.99. The van der Waals surface area contributed by atoms with Crippen molar-refractivity contribution in [2.45, 2.75) is 60.4 Å². The van der Waals surface area contributed by atoms with Gasteiger partial charge in [0.15, 0.2) is 0 Å². The molecule has 0 aliphatic carbocycles. The van der Waals surface area contributed by atoms with E-state index in [4.69, 9.17) is 0 Å². The van der Waals surface area contributed by atoms with Crippen molar-refractivity contribution in [2.75, 3.05) is 26.2 Å². The number of rotatable bonds is 2. The fourth-order valence-electron chi connectivity index (χ4n) is 3.39. The first-order chi connectivity index (χ1) is 12.0. The highest BCUT2D eigenvalue weighted by Gasteiger charge is 2.26. The molecule has 26 heavy (non-hydrogen) atoms. The SMILES string of the molecule is Cc1cc(C)c(C)c(CC(=O)N2CCN(C(=O)NC(C)(C)C)CC2)c1C. The van der Waals surface area contributed by atoms with Gasteiger partial charge in [-0.15, -0.1) is 0 Å². The van der Waals surface area contributed by atoms with Crippen LogP contribution in [0.25, 0.3) is 0 Å². The zero-order valence-corrected chi connectivity index (χ0v) is 17.3. The van der Waals surface area contributed by atoms with Crippen LogP contribution in [0.2, 0.25) is 0 Å². The van der Waals surface area contributed by atoms with Crippen LogP contribution in [0.4, 0.5) is 4.79 Å². The minimum Gasteiger partial charge on any atom is -0.339 e. The van der Waals surface area contributed by atoms with Crippen LogP contribution in [0.3, 0.4) is 0 Å². The molecule has 1 N–H and O–H groups in total. The van der Waals surface area contributed by atoms with E-state index in [1.807, 2.05) is 25.7 Å².